The third kappa shape index (κ3) is 4.85. The van der Waals surface area contributed by atoms with Gasteiger partial charge in [0.05, 0.1) is 0 Å². The highest BCUT2D eigenvalue weighted by atomic mass is 16.5. The molecule has 0 unspecified atom stereocenters. The Bertz CT molecular complexity index is 780. The lowest BCUT2D eigenvalue weighted by Crippen LogP contribution is -2.20. The predicted octanol–water partition coefficient (Wildman–Crippen LogP) is 4.18. The number of hydrogen-bond donors (Lipinski definition) is 2. The summed E-state index contributed by atoms with van der Waals surface area (Å²) in [6.45, 7) is 4.13. The summed E-state index contributed by atoms with van der Waals surface area (Å²) in [7, 11) is 0. The Hall–Kier alpha value is -2.82. The highest BCUT2D eigenvalue weighted by molar-refractivity contribution is 5.95. The molecule has 5 heteroatoms. The first-order chi connectivity index (χ1) is 12.5. The Kier molecular flexibility index (Phi) is 5.56. The average Bonchev–Trinajstić information content (AvgIpc) is 3.47. The molecular weight excluding hydrogens is 328 g/mol. The summed E-state index contributed by atoms with van der Waals surface area (Å²) in [5, 5.41) is 5.67. The van der Waals surface area contributed by atoms with Crippen molar-refractivity contribution in [1.29, 1.82) is 0 Å². The number of carbonyl (C=O) groups is 2. The summed E-state index contributed by atoms with van der Waals surface area (Å²) in [6, 6.07) is 14.8. The van der Waals surface area contributed by atoms with Gasteiger partial charge in [0, 0.05) is 17.3 Å². The first-order valence-electron chi connectivity index (χ1n) is 8.95. The zero-order chi connectivity index (χ0) is 18.5. The number of para-hydroxylation sites is 1. The molecule has 0 aromatic heterocycles. The molecule has 0 atom stereocenters. The monoisotopic (exact) mass is 352 g/mol. The van der Waals surface area contributed by atoms with E-state index in [2.05, 4.69) is 24.5 Å². The summed E-state index contributed by atoms with van der Waals surface area (Å²) >= 11 is 0. The van der Waals surface area contributed by atoms with Crippen molar-refractivity contribution in [2.75, 3.05) is 17.2 Å². The van der Waals surface area contributed by atoms with E-state index in [9.17, 15) is 9.59 Å². The minimum atomic E-state index is -0.224. The first-order valence-corrected chi connectivity index (χ1v) is 8.95. The third-order valence-electron chi connectivity index (χ3n) is 4.28. The SMILES string of the molecule is CC(C)c1ccccc1OCC(=O)Nc1ccc(NC(=O)C2CC2)cc1. The van der Waals surface area contributed by atoms with Crippen LogP contribution in [-0.2, 0) is 9.59 Å². The van der Waals surface area contributed by atoms with Crippen LogP contribution in [0.4, 0.5) is 11.4 Å². The maximum absolute atomic E-state index is 12.1. The van der Waals surface area contributed by atoms with Crippen molar-refractivity contribution in [2.24, 2.45) is 5.92 Å². The van der Waals surface area contributed by atoms with Gasteiger partial charge < -0.3 is 15.4 Å². The van der Waals surface area contributed by atoms with Crippen LogP contribution in [0.25, 0.3) is 0 Å². The second kappa shape index (κ2) is 8.04. The topological polar surface area (TPSA) is 67.4 Å². The fraction of sp³-hybridized carbons (Fsp3) is 0.333. The lowest BCUT2D eigenvalue weighted by Gasteiger charge is -2.14. The van der Waals surface area contributed by atoms with E-state index in [1.165, 1.54) is 0 Å². The summed E-state index contributed by atoms with van der Waals surface area (Å²) in [5.41, 5.74) is 2.48. The van der Waals surface area contributed by atoms with Gasteiger partial charge >= 0.3 is 0 Å². The van der Waals surface area contributed by atoms with Crippen molar-refractivity contribution >= 4 is 23.2 Å². The van der Waals surface area contributed by atoms with Gasteiger partial charge in [-0.2, -0.15) is 0 Å². The van der Waals surface area contributed by atoms with Gasteiger partial charge in [-0.05, 0) is 54.7 Å². The molecule has 0 heterocycles. The second-order valence-electron chi connectivity index (χ2n) is 6.87. The van der Waals surface area contributed by atoms with Crippen molar-refractivity contribution in [3.8, 4) is 5.75 Å². The first kappa shape index (κ1) is 18.0. The standard InChI is InChI=1S/C21H24N2O3/c1-14(2)18-5-3-4-6-19(18)26-13-20(24)22-16-9-11-17(12-10-16)23-21(25)15-7-8-15/h3-6,9-12,14-15H,7-8,13H2,1-2H3,(H,22,24)(H,23,25). The summed E-state index contributed by atoms with van der Waals surface area (Å²) in [5.74, 6) is 1.07. The van der Waals surface area contributed by atoms with Crippen molar-refractivity contribution in [2.45, 2.75) is 32.6 Å². The predicted molar refractivity (Wildman–Crippen MR) is 102 cm³/mol. The number of nitrogens with one attached hydrogen (secondary N) is 2. The van der Waals surface area contributed by atoms with Crippen LogP contribution < -0.4 is 15.4 Å². The normalized spacial score (nSPS) is 13.3. The largest absolute Gasteiger partial charge is 0.483 e. The van der Waals surface area contributed by atoms with E-state index in [4.69, 9.17) is 4.74 Å². The molecule has 2 amide bonds. The van der Waals surface area contributed by atoms with Crippen LogP contribution in [0.15, 0.2) is 48.5 Å². The van der Waals surface area contributed by atoms with E-state index < -0.39 is 0 Å². The highest BCUT2D eigenvalue weighted by Crippen LogP contribution is 2.30. The molecule has 0 bridgehead atoms. The molecule has 0 radical (unpaired) electrons. The molecule has 26 heavy (non-hydrogen) atoms. The number of ether oxygens (including phenoxy) is 1. The van der Waals surface area contributed by atoms with Gasteiger partial charge in [-0.3, -0.25) is 9.59 Å². The maximum atomic E-state index is 12.1. The van der Waals surface area contributed by atoms with Crippen molar-refractivity contribution in [1.82, 2.24) is 0 Å². The smallest absolute Gasteiger partial charge is 0.262 e. The Morgan fingerprint density at radius 1 is 1.00 bits per heavy atom. The zero-order valence-corrected chi connectivity index (χ0v) is 15.1. The van der Waals surface area contributed by atoms with Gasteiger partial charge in [0.25, 0.3) is 5.91 Å². The number of benzene rings is 2. The molecule has 0 aliphatic heterocycles. The molecule has 1 fully saturated rings. The summed E-state index contributed by atoms with van der Waals surface area (Å²) in [4.78, 5) is 23.9. The van der Waals surface area contributed by atoms with Crippen LogP contribution in [0.3, 0.4) is 0 Å². The minimum Gasteiger partial charge on any atom is -0.483 e. The second-order valence-corrected chi connectivity index (χ2v) is 6.87. The molecule has 0 saturated heterocycles. The Balaban J connectivity index is 1.51. The average molecular weight is 352 g/mol. The maximum Gasteiger partial charge on any atom is 0.262 e. The Morgan fingerprint density at radius 3 is 2.23 bits per heavy atom. The molecule has 1 aliphatic rings. The lowest BCUT2D eigenvalue weighted by molar-refractivity contribution is -0.118. The van der Waals surface area contributed by atoms with Crippen molar-refractivity contribution in [3.63, 3.8) is 0 Å². The van der Waals surface area contributed by atoms with E-state index in [1.54, 1.807) is 24.3 Å². The quantitative estimate of drug-likeness (QED) is 0.786. The number of carbonyl (C=O) groups excluding carboxylic acids is 2. The fourth-order valence-electron chi connectivity index (χ4n) is 2.66. The Morgan fingerprint density at radius 2 is 1.62 bits per heavy atom. The number of hydrogen-bond acceptors (Lipinski definition) is 3. The summed E-state index contributed by atoms with van der Waals surface area (Å²) in [6.07, 6.45) is 1.94. The van der Waals surface area contributed by atoms with Crippen molar-refractivity contribution in [3.05, 3.63) is 54.1 Å². The number of amides is 2. The molecule has 5 nitrogen and oxygen atoms in total. The molecule has 2 N–H and O–H groups in total. The fourth-order valence-corrected chi connectivity index (χ4v) is 2.66. The van der Waals surface area contributed by atoms with Gasteiger partial charge in [-0.1, -0.05) is 32.0 Å². The van der Waals surface area contributed by atoms with E-state index >= 15 is 0 Å². The third-order valence-corrected chi connectivity index (χ3v) is 4.28. The van der Waals surface area contributed by atoms with Crippen LogP contribution in [0.1, 0.15) is 38.2 Å². The van der Waals surface area contributed by atoms with E-state index in [0.717, 1.165) is 29.8 Å². The molecule has 2 aromatic rings. The molecule has 1 saturated carbocycles. The van der Waals surface area contributed by atoms with E-state index in [-0.39, 0.29) is 24.3 Å². The van der Waals surface area contributed by atoms with Crippen LogP contribution >= 0.6 is 0 Å². The van der Waals surface area contributed by atoms with Gasteiger partial charge in [0.2, 0.25) is 5.91 Å². The molecular formula is C21H24N2O3. The van der Waals surface area contributed by atoms with Gasteiger partial charge in [-0.15, -0.1) is 0 Å². The van der Waals surface area contributed by atoms with Gasteiger partial charge in [0.15, 0.2) is 6.61 Å². The molecule has 136 valence electrons. The van der Waals surface area contributed by atoms with E-state index in [0.29, 0.717) is 11.6 Å². The van der Waals surface area contributed by atoms with Crippen molar-refractivity contribution < 1.29 is 14.3 Å². The highest BCUT2D eigenvalue weighted by Gasteiger charge is 2.29. The van der Waals surface area contributed by atoms with Gasteiger partial charge in [-0.25, -0.2) is 0 Å². The summed E-state index contributed by atoms with van der Waals surface area (Å²) < 4.78 is 5.67. The Labute approximate surface area is 153 Å². The molecule has 2 aromatic carbocycles. The molecule has 3 rings (SSSR count). The zero-order valence-electron chi connectivity index (χ0n) is 15.1. The number of anilines is 2. The van der Waals surface area contributed by atoms with Crippen LogP contribution in [0.2, 0.25) is 0 Å². The van der Waals surface area contributed by atoms with E-state index in [1.807, 2.05) is 24.3 Å². The van der Waals surface area contributed by atoms with Crippen LogP contribution in [0.5, 0.6) is 5.75 Å². The molecule has 1 aliphatic carbocycles. The number of rotatable bonds is 7. The lowest BCUT2D eigenvalue weighted by atomic mass is 10.0. The minimum absolute atomic E-state index is 0.0517. The molecule has 0 spiro atoms. The van der Waals surface area contributed by atoms with Gasteiger partial charge in [0.1, 0.15) is 5.75 Å². The van der Waals surface area contributed by atoms with Crippen LogP contribution in [0, 0.1) is 5.92 Å². The van der Waals surface area contributed by atoms with Crippen LogP contribution in [-0.4, -0.2) is 18.4 Å².